The second-order valence-corrected chi connectivity index (χ2v) is 4.10. The van der Waals surface area contributed by atoms with Gasteiger partial charge in [-0.25, -0.2) is 4.98 Å². The number of aromatic nitrogens is 2. The van der Waals surface area contributed by atoms with Crippen LogP contribution >= 0.6 is 0 Å². The lowest BCUT2D eigenvalue weighted by atomic mass is 10.2. The van der Waals surface area contributed by atoms with E-state index in [1.165, 1.54) is 11.1 Å². The third-order valence-corrected chi connectivity index (χ3v) is 2.84. The molecule has 1 aromatic heterocycles. The molecule has 0 spiro atoms. The average molecular weight is 187 g/mol. The number of hydrogen-bond donors (Lipinski definition) is 1. The fourth-order valence-corrected chi connectivity index (χ4v) is 2.18. The van der Waals surface area contributed by atoms with Crippen LogP contribution in [0.4, 0.5) is 0 Å². The summed E-state index contributed by atoms with van der Waals surface area (Å²) in [6.07, 6.45) is 0.910. The van der Waals surface area contributed by atoms with Crippen LogP contribution in [0.2, 0.25) is 0 Å². The molecule has 0 saturated heterocycles. The van der Waals surface area contributed by atoms with Crippen LogP contribution in [0.3, 0.4) is 0 Å². The van der Waals surface area contributed by atoms with E-state index >= 15 is 0 Å². The lowest BCUT2D eigenvalue weighted by Gasteiger charge is -2.01. The molecule has 0 bridgehead atoms. The Balaban J connectivity index is 2.28. The number of rotatable bonds is 0. The van der Waals surface area contributed by atoms with Crippen molar-refractivity contribution in [2.24, 2.45) is 5.73 Å². The highest BCUT2D eigenvalue weighted by Gasteiger charge is 2.21. The number of nitrogens with zero attached hydrogens (tertiary/aromatic N) is 2. The molecule has 72 valence electrons. The van der Waals surface area contributed by atoms with E-state index in [2.05, 4.69) is 34.7 Å². The first-order chi connectivity index (χ1) is 6.74. The standard InChI is InChI=1S/C11H13N3/c1-7-2-3-10-9(4-7)13-11-5-8(12)6-14(10)11/h2-4,8H,5-6,12H2,1H3. The molecule has 3 nitrogen and oxygen atoms in total. The fourth-order valence-electron chi connectivity index (χ4n) is 2.18. The molecule has 1 aliphatic heterocycles. The maximum absolute atomic E-state index is 5.89. The Bertz CT molecular complexity index is 498. The Morgan fingerprint density at radius 3 is 3.21 bits per heavy atom. The van der Waals surface area contributed by atoms with Crippen molar-refractivity contribution in [2.75, 3.05) is 0 Å². The molecule has 0 amide bonds. The van der Waals surface area contributed by atoms with E-state index in [0.29, 0.717) is 0 Å². The van der Waals surface area contributed by atoms with E-state index in [1.807, 2.05) is 0 Å². The van der Waals surface area contributed by atoms with Crippen LogP contribution in [0, 0.1) is 6.92 Å². The molecule has 2 aromatic rings. The molecule has 14 heavy (non-hydrogen) atoms. The van der Waals surface area contributed by atoms with E-state index in [0.717, 1.165) is 24.3 Å². The molecule has 0 fully saturated rings. The summed E-state index contributed by atoms with van der Waals surface area (Å²) >= 11 is 0. The Kier molecular flexibility index (Phi) is 1.47. The molecule has 2 heterocycles. The normalized spacial score (nSPS) is 20.3. The second kappa shape index (κ2) is 2.58. The molecule has 0 saturated carbocycles. The summed E-state index contributed by atoms with van der Waals surface area (Å²) in [6, 6.07) is 6.65. The Labute approximate surface area is 82.5 Å². The summed E-state index contributed by atoms with van der Waals surface area (Å²) in [5.41, 5.74) is 9.48. The van der Waals surface area contributed by atoms with Gasteiger partial charge in [0.25, 0.3) is 0 Å². The minimum Gasteiger partial charge on any atom is -0.326 e. The van der Waals surface area contributed by atoms with E-state index in [1.54, 1.807) is 0 Å². The smallest absolute Gasteiger partial charge is 0.111 e. The zero-order valence-electron chi connectivity index (χ0n) is 8.20. The van der Waals surface area contributed by atoms with Crippen LogP contribution in [0.25, 0.3) is 11.0 Å². The maximum Gasteiger partial charge on any atom is 0.111 e. The SMILES string of the molecule is Cc1ccc2c(c1)nc1n2CC(N)C1. The Hall–Kier alpha value is -1.35. The predicted molar refractivity (Wildman–Crippen MR) is 56.1 cm³/mol. The lowest BCUT2D eigenvalue weighted by Crippen LogP contribution is -2.20. The van der Waals surface area contributed by atoms with E-state index in [4.69, 9.17) is 5.73 Å². The van der Waals surface area contributed by atoms with Gasteiger partial charge in [0.15, 0.2) is 0 Å². The second-order valence-electron chi connectivity index (χ2n) is 4.10. The minimum atomic E-state index is 0.253. The van der Waals surface area contributed by atoms with Gasteiger partial charge in [-0.3, -0.25) is 0 Å². The Morgan fingerprint density at radius 1 is 1.50 bits per heavy atom. The van der Waals surface area contributed by atoms with Crippen molar-refractivity contribution in [3.05, 3.63) is 29.6 Å². The average Bonchev–Trinajstić information content (AvgIpc) is 2.59. The molecule has 2 N–H and O–H groups in total. The van der Waals surface area contributed by atoms with Gasteiger partial charge in [0.1, 0.15) is 5.82 Å². The summed E-state index contributed by atoms with van der Waals surface area (Å²) in [4.78, 5) is 4.59. The van der Waals surface area contributed by atoms with Crippen LogP contribution in [-0.2, 0) is 13.0 Å². The number of nitrogens with two attached hydrogens (primary N) is 1. The van der Waals surface area contributed by atoms with Gasteiger partial charge in [-0.2, -0.15) is 0 Å². The summed E-state index contributed by atoms with van der Waals surface area (Å²) in [5.74, 6) is 1.14. The van der Waals surface area contributed by atoms with Crippen LogP contribution in [-0.4, -0.2) is 15.6 Å². The zero-order chi connectivity index (χ0) is 9.71. The molecular formula is C11H13N3. The molecule has 3 heteroatoms. The van der Waals surface area contributed by atoms with Gasteiger partial charge in [-0.05, 0) is 24.6 Å². The van der Waals surface area contributed by atoms with Crippen molar-refractivity contribution < 1.29 is 0 Å². The van der Waals surface area contributed by atoms with Gasteiger partial charge in [0, 0.05) is 19.0 Å². The maximum atomic E-state index is 5.89. The topological polar surface area (TPSA) is 43.8 Å². The van der Waals surface area contributed by atoms with Crippen LogP contribution in [0.1, 0.15) is 11.4 Å². The van der Waals surface area contributed by atoms with Crippen molar-refractivity contribution in [3.8, 4) is 0 Å². The van der Waals surface area contributed by atoms with E-state index in [9.17, 15) is 0 Å². The van der Waals surface area contributed by atoms with Gasteiger partial charge >= 0.3 is 0 Å². The predicted octanol–water partition coefficient (Wildman–Crippen LogP) is 1.23. The third kappa shape index (κ3) is 0.990. The number of fused-ring (bicyclic) bond motifs is 3. The molecule has 0 radical (unpaired) electrons. The quantitative estimate of drug-likeness (QED) is 0.674. The number of benzene rings is 1. The van der Waals surface area contributed by atoms with Crippen molar-refractivity contribution in [1.29, 1.82) is 0 Å². The lowest BCUT2D eigenvalue weighted by molar-refractivity contribution is 0.652. The zero-order valence-corrected chi connectivity index (χ0v) is 8.20. The number of aryl methyl sites for hydroxylation is 1. The van der Waals surface area contributed by atoms with Gasteiger partial charge < -0.3 is 10.3 Å². The molecular weight excluding hydrogens is 174 g/mol. The minimum absolute atomic E-state index is 0.253. The monoisotopic (exact) mass is 187 g/mol. The van der Waals surface area contributed by atoms with Crippen molar-refractivity contribution in [2.45, 2.75) is 25.9 Å². The first kappa shape index (κ1) is 8.00. The third-order valence-electron chi connectivity index (χ3n) is 2.84. The number of hydrogen-bond acceptors (Lipinski definition) is 2. The van der Waals surface area contributed by atoms with Gasteiger partial charge in [-0.1, -0.05) is 6.07 Å². The van der Waals surface area contributed by atoms with Crippen LogP contribution < -0.4 is 5.73 Å². The van der Waals surface area contributed by atoms with Crippen molar-refractivity contribution in [3.63, 3.8) is 0 Å². The molecule has 1 aromatic carbocycles. The Morgan fingerprint density at radius 2 is 2.36 bits per heavy atom. The highest BCUT2D eigenvalue weighted by Crippen LogP contribution is 2.22. The summed E-state index contributed by atoms with van der Waals surface area (Å²) in [5, 5.41) is 0. The number of imidazole rings is 1. The van der Waals surface area contributed by atoms with E-state index < -0.39 is 0 Å². The van der Waals surface area contributed by atoms with Crippen molar-refractivity contribution in [1.82, 2.24) is 9.55 Å². The van der Waals surface area contributed by atoms with Gasteiger partial charge in [-0.15, -0.1) is 0 Å². The first-order valence-electron chi connectivity index (χ1n) is 4.95. The fraction of sp³-hybridized carbons (Fsp3) is 0.364. The van der Waals surface area contributed by atoms with Crippen LogP contribution in [0.15, 0.2) is 18.2 Å². The molecule has 1 unspecified atom stereocenters. The largest absolute Gasteiger partial charge is 0.326 e. The van der Waals surface area contributed by atoms with E-state index in [-0.39, 0.29) is 6.04 Å². The summed E-state index contributed by atoms with van der Waals surface area (Å²) < 4.78 is 2.24. The summed E-state index contributed by atoms with van der Waals surface area (Å²) in [7, 11) is 0. The summed E-state index contributed by atoms with van der Waals surface area (Å²) in [6.45, 7) is 3.00. The van der Waals surface area contributed by atoms with Crippen LogP contribution in [0.5, 0.6) is 0 Å². The molecule has 0 aliphatic carbocycles. The molecule has 1 aliphatic rings. The molecule has 3 rings (SSSR count). The highest BCUT2D eigenvalue weighted by atomic mass is 15.1. The van der Waals surface area contributed by atoms with Gasteiger partial charge in [0.05, 0.1) is 11.0 Å². The highest BCUT2D eigenvalue weighted by molar-refractivity contribution is 5.77. The van der Waals surface area contributed by atoms with Crippen molar-refractivity contribution >= 4 is 11.0 Å². The first-order valence-corrected chi connectivity index (χ1v) is 4.95. The van der Waals surface area contributed by atoms with Gasteiger partial charge in [0.2, 0.25) is 0 Å². The molecule has 1 atom stereocenters.